The van der Waals surface area contributed by atoms with Crippen molar-refractivity contribution < 1.29 is 8.42 Å². The Kier molecular flexibility index (Phi) is 6.71. The van der Waals surface area contributed by atoms with Crippen LogP contribution in [0.5, 0.6) is 0 Å². The molecule has 1 N–H and O–H groups in total. The molecule has 0 heterocycles. The van der Waals surface area contributed by atoms with Crippen LogP contribution in [0.1, 0.15) is 0 Å². The second kappa shape index (κ2) is 6.62. The highest BCUT2D eigenvalue weighted by molar-refractivity contribution is 9.10. The van der Waals surface area contributed by atoms with E-state index in [0.29, 0.717) is 0 Å². The minimum atomic E-state index is -3.67. The molecule has 13 heavy (non-hydrogen) atoms. The Labute approximate surface area is 94.8 Å². The van der Waals surface area contributed by atoms with Crippen molar-refractivity contribution in [3.8, 4) is 0 Å². The highest BCUT2D eigenvalue weighted by Crippen LogP contribution is 2.05. The Morgan fingerprint density at radius 3 is 1.77 bits per heavy atom. The maximum atomic E-state index is 9.52. The van der Waals surface area contributed by atoms with Gasteiger partial charge in [-0.3, -0.25) is 0 Å². The van der Waals surface area contributed by atoms with Crippen LogP contribution in [0.4, 0.5) is 0 Å². The Hall–Kier alpha value is 0.190. The lowest BCUT2D eigenvalue weighted by Gasteiger charge is -1.80. The van der Waals surface area contributed by atoms with Gasteiger partial charge in [0, 0.05) is 15.2 Å². The van der Waals surface area contributed by atoms with E-state index >= 15 is 0 Å². The second-order valence-electron chi connectivity index (χ2n) is 1.81. The van der Waals surface area contributed by atoms with Crippen molar-refractivity contribution in [3.05, 3.63) is 34.8 Å². The Balaban J connectivity index is 0.000000226. The molecule has 0 bridgehead atoms. The molecular formula is C6H6BrCl2NO2S. The van der Waals surface area contributed by atoms with Gasteiger partial charge in [-0.1, -0.05) is 34.1 Å². The maximum absolute atomic E-state index is 9.52. The van der Waals surface area contributed by atoms with Gasteiger partial charge in [0.1, 0.15) is 0 Å². The number of halogens is 3. The predicted molar refractivity (Wildman–Crippen MR) is 57.9 cm³/mol. The molecule has 0 aliphatic rings. The molecule has 7 heteroatoms. The van der Waals surface area contributed by atoms with Gasteiger partial charge in [0.2, 0.25) is 0 Å². The van der Waals surface area contributed by atoms with Crippen molar-refractivity contribution in [2.45, 2.75) is 0 Å². The van der Waals surface area contributed by atoms with Crippen LogP contribution < -0.4 is 4.24 Å². The summed E-state index contributed by atoms with van der Waals surface area (Å²) in [5.74, 6) is 0. The zero-order valence-corrected chi connectivity index (χ0v) is 10.2. The second-order valence-corrected chi connectivity index (χ2v) is 5.44. The van der Waals surface area contributed by atoms with Gasteiger partial charge < -0.3 is 0 Å². The number of rotatable bonds is 1. The average Bonchev–Trinajstić information content (AvgIpc) is 2.06. The van der Waals surface area contributed by atoms with Crippen LogP contribution in [0.25, 0.3) is 0 Å². The fraction of sp³-hybridized carbons (Fsp3) is 0. The molecule has 1 aromatic carbocycles. The van der Waals surface area contributed by atoms with Crippen LogP contribution in [0, 0.1) is 0 Å². The summed E-state index contributed by atoms with van der Waals surface area (Å²) in [6.45, 7) is 0. The summed E-state index contributed by atoms with van der Waals surface area (Å²) < 4.78 is 21.5. The minimum absolute atomic E-state index is 1.13. The summed E-state index contributed by atoms with van der Waals surface area (Å²) in [7, 11) is 0.772. The van der Waals surface area contributed by atoms with Crippen molar-refractivity contribution in [2.24, 2.45) is 0 Å². The minimum Gasteiger partial charge on any atom is -0.194 e. The molecule has 0 aliphatic carbocycles. The number of benzene rings is 1. The summed E-state index contributed by atoms with van der Waals surface area (Å²) >= 11 is 7.82. The van der Waals surface area contributed by atoms with Gasteiger partial charge >= 0.3 is 9.24 Å². The van der Waals surface area contributed by atoms with E-state index < -0.39 is 9.24 Å². The molecule has 0 atom stereocenters. The molecule has 1 aromatic rings. The topological polar surface area (TPSA) is 46.2 Å². The number of hydrogen-bond donors (Lipinski definition) is 1. The van der Waals surface area contributed by atoms with E-state index in [4.69, 9.17) is 0 Å². The monoisotopic (exact) mass is 305 g/mol. The lowest BCUT2D eigenvalue weighted by Crippen LogP contribution is -2.02. The van der Waals surface area contributed by atoms with Crippen molar-refractivity contribution >= 4 is 47.6 Å². The van der Waals surface area contributed by atoms with Crippen LogP contribution in [0.2, 0.25) is 0 Å². The molecule has 0 aliphatic heterocycles. The molecule has 3 nitrogen and oxygen atoms in total. The molecule has 0 unspecified atom stereocenters. The van der Waals surface area contributed by atoms with E-state index in [2.05, 4.69) is 38.4 Å². The molecule has 0 radical (unpaired) electrons. The van der Waals surface area contributed by atoms with Gasteiger partial charge in [0.05, 0.1) is 0 Å². The van der Waals surface area contributed by atoms with E-state index in [0.717, 1.165) is 4.47 Å². The first kappa shape index (κ1) is 13.2. The van der Waals surface area contributed by atoms with Crippen LogP contribution in [0.15, 0.2) is 34.8 Å². The van der Waals surface area contributed by atoms with Crippen LogP contribution in [0.3, 0.4) is 0 Å². The Morgan fingerprint density at radius 1 is 1.23 bits per heavy atom. The van der Waals surface area contributed by atoms with E-state index in [9.17, 15) is 8.42 Å². The first-order valence-electron chi connectivity index (χ1n) is 2.98. The fourth-order valence-electron chi connectivity index (χ4n) is 0.415. The van der Waals surface area contributed by atoms with Gasteiger partial charge in [-0.15, -0.1) is 4.24 Å². The van der Waals surface area contributed by atoms with Gasteiger partial charge in [-0.05, 0) is 23.9 Å². The SMILES string of the molecule is Brc1ccccc1.O=S(=O)(Cl)NCl. The summed E-state index contributed by atoms with van der Waals surface area (Å²) in [5, 5.41) is 0. The van der Waals surface area contributed by atoms with Gasteiger partial charge in [-0.2, -0.15) is 8.42 Å². The molecule has 0 saturated heterocycles. The summed E-state index contributed by atoms with van der Waals surface area (Å²) in [6, 6.07) is 9.97. The van der Waals surface area contributed by atoms with Gasteiger partial charge in [-0.25, -0.2) is 0 Å². The first-order chi connectivity index (χ1) is 5.95. The molecule has 74 valence electrons. The largest absolute Gasteiger partial charge is 0.310 e. The standard InChI is InChI=1S/C6H5Br.Cl2HNO2S/c7-6-4-2-1-3-5-6;1-3-6(2,4)5/h1-5H;3H. The van der Waals surface area contributed by atoms with Crippen molar-refractivity contribution in [1.29, 1.82) is 0 Å². The first-order valence-corrected chi connectivity index (χ1v) is 6.46. The summed E-state index contributed by atoms with van der Waals surface area (Å²) in [6.07, 6.45) is 0. The average molecular weight is 307 g/mol. The summed E-state index contributed by atoms with van der Waals surface area (Å²) in [5.41, 5.74) is 0. The highest BCUT2D eigenvalue weighted by Gasteiger charge is 1.95. The molecule has 0 spiro atoms. The van der Waals surface area contributed by atoms with Gasteiger partial charge in [0.15, 0.2) is 0 Å². The van der Waals surface area contributed by atoms with Crippen LogP contribution in [-0.4, -0.2) is 8.42 Å². The van der Waals surface area contributed by atoms with Crippen molar-refractivity contribution in [2.75, 3.05) is 0 Å². The smallest absolute Gasteiger partial charge is 0.194 e. The van der Waals surface area contributed by atoms with E-state index in [1.165, 1.54) is 4.24 Å². The summed E-state index contributed by atoms with van der Waals surface area (Å²) in [4.78, 5) is 0. The molecule has 0 fully saturated rings. The molecule has 0 saturated carbocycles. The Bertz CT molecular complexity index is 330. The maximum Gasteiger partial charge on any atom is 0.310 e. The van der Waals surface area contributed by atoms with E-state index in [-0.39, 0.29) is 0 Å². The van der Waals surface area contributed by atoms with Crippen molar-refractivity contribution in [3.63, 3.8) is 0 Å². The zero-order valence-electron chi connectivity index (χ0n) is 6.25. The zero-order chi connectivity index (χ0) is 10.3. The third-order valence-electron chi connectivity index (χ3n) is 0.825. The quantitative estimate of drug-likeness (QED) is 0.640. The van der Waals surface area contributed by atoms with E-state index in [1.54, 1.807) is 0 Å². The third kappa shape index (κ3) is 10.1. The molecule has 1 rings (SSSR count). The highest BCUT2D eigenvalue weighted by atomic mass is 79.9. The molecule has 0 aromatic heterocycles. The van der Waals surface area contributed by atoms with Crippen LogP contribution >= 0.6 is 38.4 Å². The lowest BCUT2D eigenvalue weighted by molar-refractivity contribution is 0.608. The molecule has 0 amide bonds. The third-order valence-corrected chi connectivity index (χ3v) is 2.62. The normalized spacial score (nSPS) is 10.1. The van der Waals surface area contributed by atoms with E-state index in [1.807, 2.05) is 30.3 Å². The van der Waals surface area contributed by atoms with Crippen LogP contribution in [-0.2, 0) is 9.24 Å². The Morgan fingerprint density at radius 2 is 1.62 bits per heavy atom. The number of hydrogen-bond acceptors (Lipinski definition) is 2. The van der Waals surface area contributed by atoms with Crippen molar-refractivity contribution in [1.82, 2.24) is 4.24 Å². The number of nitrogens with one attached hydrogen (secondary N) is 1. The lowest BCUT2D eigenvalue weighted by atomic mass is 10.4. The predicted octanol–water partition coefficient (Wildman–Crippen LogP) is 2.66. The van der Waals surface area contributed by atoms with Gasteiger partial charge in [0.25, 0.3) is 0 Å². The molecular weight excluding hydrogens is 301 g/mol. The fourth-order valence-corrected chi connectivity index (χ4v) is 0.720.